The quantitative estimate of drug-likeness (QED) is 0.749. The van der Waals surface area contributed by atoms with E-state index in [-0.39, 0.29) is 0 Å². The Morgan fingerprint density at radius 1 is 1.19 bits per heavy atom. The molecule has 2 aromatic rings. The minimum Gasteiger partial charge on any atom is -0.462 e. The van der Waals surface area contributed by atoms with Crippen molar-refractivity contribution in [3.8, 4) is 0 Å². The molecule has 80 valence electrons. The summed E-state index contributed by atoms with van der Waals surface area (Å²) >= 11 is 3.58. The maximum atomic E-state index is 5.65. The number of fused-ring (bicyclic) bond motifs is 1. The Morgan fingerprint density at radius 2 is 2.06 bits per heavy atom. The first-order chi connectivity index (χ1) is 7.74. The van der Waals surface area contributed by atoms with Gasteiger partial charge in [-0.2, -0.15) is 0 Å². The van der Waals surface area contributed by atoms with Gasteiger partial charge >= 0.3 is 0 Å². The normalized spacial score (nSPS) is 13.8. The average Bonchev–Trinajstić information content (AvgIpc) is 2.84. The van der Waals surface area contributed by atoms with Gasteiger partial charge in [0.25, 0.3) is 0 Å². The van der Waals surface area contributed by atoms with Crippen LogP contribution in [0.5, 0.6) is 0 Å². The molecular formula is C14H11BrO. The molecule has 1 nitrogen and oxygen atoms in total. The van der Waals surface area contributed by atoms with Crippen molar-refractivity contribution in [1.82, 2.24) is 0 Å². The van der Waals surface area contributed by atoms with Crippen molar-refractivity contribution in [2.45, 2.75) is 13.3 Å². The standard InChI is InChI=1S/C14H11BrO/c1-9-5-6-14(16-9)11-7-10-3-2-4-13(15)12(10)8-11/h2-6,8H,7H2,1H3. The minimum atomic E-state index is 0.960. The van der Waals surface area contributed by atoms with Crippen molar-refractivity contribution < 1.29 is 4.42 Å². The van der Waals surface area contributed by atoms with Crippen molar-refractivity contribution >= 4 is 27.6 Å². The van der Waals surface area contributed by atoms with Crippen LogP contribution in [0.2, 0.25) is 0 Å². The molecule has 1 aliphatic carbocycles. The van der Waals surface area contributed by atoms with Crippen molar-refractivity contribution in [3.63, 3.8) is 0 Å². The van der Waals surface area contributed by atoms with Gasteiger partial charge in [0, 0.05) is 10.9 Å². The lowest BCUT2D eigenvalue weighted by molar-refractivity contribution is 0.521. The van der Waals surface area contributed by atoms with E-state index >= 15 is 0 Å². The Kier molecular flexibility index (Phi) is 2.25. The molecule has 0 fully saturated rings. The van der Waals surface area contributed by atoms with Crippen LogP contribution in [0.25, 0.3) is 11.6 Å². The third kappa shape index (κ3) is 1.54. The zero-order chi connectivity index (χ0) is 11.1. The molecule has 3 rings (SSSR count). The molecule has 0 aliphatic heterocycles. The van der Waals surface area contributed by atoms with Gasteiger partial charge in [-0.1, -0.05) is 28.1 Å². The fraction of sp³-hybridized carbons (Fsp3) is 0.143. The molecule has 0 bridgehead atoms. The zero-order valence-electron chi connectivity index (χ0n) is 8.96. The van der Waals surface area contributed by atoms with Gasteiger partial charge in [0.2, 0.25) is 0 Å². The summed E-state index contributed by atoms with van der Waals surface area (Å²) in [4.78, 5) is 0. The molecule has 1 aromatic heterocycles. The Morgan fingerprint density at radius 3 is 2.75 bits per heavy atom. The van der Waals surface area contributed by atoms with E-state index in [0.717, 1.165) is 22.4 Å². The molecule has 0 N–H and O–H groups in total. The number of hydrogen-bond acceptors (Lipinski definition) is 1. The van der Waals surface area contributed by atoms with Crippen LogP contribution in [-0.2, 0) is 6.42 Å². The second-order valence-electron chi connectivity index (χ2n) is 4.07. The lowest BCUT2D eigenvalue weighted by Gasteiger charge is -1.99. The maximum Gasteiger partial charge on any atom is 0.130 e. The molecule has 0 atom stereocenters. The molecule has 0 saturated carbocycles. The Bertz CT molecular complexity index is 578. The Labute approximate surface area is 103 Å². The predicted octanol–water partition coefficient (Wildman–Crippen LogP) is 4.45. The first kappa shape index (κ1) is 9.91. The highest BCUT2D eigenvalue weighted by molar-refractivity contribution is 9.10. The zero-order valence-corrected chi connectivity index (χ0v) is 10.5. The van der Waals surface area contributed by atoms with E-state index in [4.69, 9.17) is 4.42 Å². The summed E-state index contributed by atoms with van der Waals surface area (Å²) in [5.74, 6) is 1.95. The number of benzene rings is 1. The van der Waals surface area contributed by atoms with Crippen LogP contribution in [0.1, 0.15) is 22.6 Å². The van der Waals surface area contributed by atoms with Crippen LogP contribution >= 0.6 is 15.9 Å². The van der Waals surface area contributed by atoms with Gasteiger partial charge in [-0.05, 0) is 47.9 Å². The van der Waals surface area contributed by atoms with Crippen LogP contribution in [0.15, 0.2) is 39.2 Å². The van der Waals surface area contributed by atoms with Crippen LogP contribution in [0.4, 0.5) is 0 Å². The molecule has 1 heterocycles. The number of hydrogen-bond donors (Lipinski definition) is 0. The van der Waals surface area contributed by atoms with E-state index in [0.29, 0.717) is 0 Å². The fourth-order valence-electron chi connectivity index (χ4n) is 2.09. The van der Waals surface area contributed by atoms with Crippen molar-refractivity contribution in [1.29, 1.82) is 0 Å². The molecule has 0 spiro atoms. The summed E-state index contributed by atoms with van der Waals surface area (Å²) in [5.41, 5.74) is 3.90. The molecule has 0 unspecified atom stereocenters. The Balaban J connectivity index is 2.05. The van der Waals surface area contributed by atoms with E-state index in [1.807, 2.05) is 19.1 Å². The van der Waals surface area contributed by atoms with Gasteiger partial charge in [0.15, 0.2) is 0 Å². The van der Waals surface area contributed by atoms with E-state index in [1.165, 1.54) is 16.7 Å². The van der Waals surface area contributed by atoms with E-state index < -0.39 is 0 Å². The van der Waals surface area contributed by atoms with Crippen molar-refractivity contribution in [2.24, 2.45) is 0 Å². The summed E-state index contributed by atoms with van der Waals surface area (Å²) < 4.78 is 6.81. The Hall–Kier alpha value is -1.28. The summed E-state index contributed by atoms with van der Waals surface area (Å²) in [7, 11) is 0. The number of rotatable bonds is 1. The number of aryl methyl sites for hydroxylation is 1. The largest absolute Gasteiger partial charge is 0.462 e. The van der Waals surface area contributed by atoms with Crippen molar-refractivity contribution in [2.75, 3.05) is 0 Å². The van der Waals surface area contributed by atoms with Gasteiger partial charge in [-0.15, -0.1) is 0 Å². The smallest absolute Gasteiger partial charge is 0.130 e. The maximum absolute atomic E-state index is 5.65. The summed E-state index contributed by atoms with van der Waals surface area (Å²) in [6, 6.07) is 10.4. The first-order valence-electron chi connectivity index (χ1n) is 5.29. The summed E-state index contributed by atoms with van der Waals surface area (Å²) in [6.45, 7) is 1.97. The van der Waals surface area contributed by atoms with Crippen LogP contribution < -0.4 is 0 Å². The summed E-state index contributed by atoms with van der Waals surface area (Å²) in [6.07, 6.45) is 3.17. The number of furan rings is 1. The molecular weight excluding hydrogens is 264 g/mol. The van der Waals surface area contributed by atoms with E-state index in [9.17, 15) is 0 Å². The third-order valence-corrected chi connectivity index (χ3v) is 3.59. The van der Waals surface area contributed by atoms with E-state index in [2.05, 4.69) is 40.2 Å². The second kappa shape index (κ2) is 3.63. The van der Waals surface area contributed by atoms with Gasteiger partial charge in [0.05, 0.1) is 0 Å². The molecule has 0 radical (unpaired) electrons. The highest BCUT2D eigenvalue weighted by atomic mass is 79.9. The molecule has 0 amide bonds. The van der Waals surface area contributed by atoms with Crippen LogP contribution in [0.3, 0.4) is 0 Å². The summed E-state index contributed by atoms with van der Waals surface area (Å²) in [5, 5.41) is 0. The van der Waals surface area contributed by atoms with Crippen LogP contribution in [-0.4, -0.2) is 0 Å². The number of allylic oxidation sites excluding steroid dienone is 1. The van der Waals surface area contributed by atoms with Gasteiger partial charge in [-0.25, -0.2) is 0 Å². The highest BCUT2D eigenvalue weighted by Crippen LogP contribution is 2.35. The van der Waals surface area contributed by atoms with Gasteiger partial charge < -0.3 is 4.42 Å². The second-order valence-corrected chi connectivity index (χ2v) is 4.92. The molecule has 2 heteroatoms. The lowest BCUT2D eigenvalue weighted by atomic mass is 10.1. The highest BCUT2D eigenvalue weighted by Gasteiger charge is 2.17. The molecule has 1 aliphatic rings. The monoisotopic (exact) mass is 274 g/mol. The van der Waals surface area contributed by atoms with E-state index in [1.54, 1.807) is 0 Å². The van der Waals surface area contributed by atoms with Crippen molar-refractivity contribution in [3.05, 3.63) is 57.5 Å². The first-order valence-corrected chi connectivity index (χ1v) is 6.08. The third-order valence-electron chi connectivity index (χ3n) is 2.90. The molecule has 16 heavy (non-hydrogen) atoms. The molecule has 1 aromatic carbocycles. The topological polar surface area (TPSA) is 13.1 Å². The molecule has 0 saturated heterocycles. The predicted molar refractivity (Wildman–Crippen MR) is 69.2 cm³/mol. The lowest BCUT2D eigenvalue weighted by Crippen LogP contribution is -1.83. The fourth-order valence-corrected chi connectivity index (χ4v) is 2.61. The number of halogens is 1. The van der Waals surface area contributed by atoms with Crippen LogP contribution in [0, 0.1) is 6.92 Å². The SMILES string of the molecule is Cc1ccc(C2=Cc3c(Br)cccc3C2)o1. The average molecular weight is 275 g/mol. The van der Waals surface area contributed by atoms with Gasteiger partial charge in [0.1, 0.15) is 11.5 Å². The van der Waals surface area contributed by atoms with Gasteiger partial charge in [-0.3, -0.25) is 0 Å². The minimum absolute atomic E-state index is 0.960.